The van der Waals surface area contributed by atoms with Crippen LogP contribution < -0.4 is 10.6 Å². The minimum atomic E-state index is -0.703. The molecule has 1 heterocycles. The van der Waals surface area contributed by atoms with Gasteiger partial charge < -0.3 is 15.4 Å². The molecule has 1 aromatic heterocycles. The second kappa shape index (κ2) is 9.50. The molecule has 0 aliphatic heterocycles. The highest BCUT2D eigenvalue weighted by Gasteiger charge is 2.23. The maximum Gasteiger partial charge on any atom is 0.243 e. The van der Waals surface area contributed by atoms with Crippen molar-refractivity contribution in [2.45, 2.75) is 39.3 Å². The Bertz CT molecular complexity index is 553. The molecule has 0 fully saturated rings. The summed E-state index contributed by atoms with van der Waals surface area (Å²) in [6.45, 7) is 7.17. The van der Waals surface area contributed by atoms with Crippen molar-refractivity contribution in [3.8, 4) is 0 Å². The van der Waals surface area contributed by atoms with Crippen LogP contribution in [0.25, 0.3) is 0 Å². The van der Waals surface area contributed by atoms with Crippen LogP contribution in [0.15, 0.2) is 18.9 Å². The molecule has 2 N–H and O–H groups in total. The first kappa shape index (κ1) is 18.5. The Morgan fingerprint density at radius 3 is 2.78 bits per heavy atom. The van der Waals surface area contributed by atoms with Gasteiger partial charge in [-0.2, -0.15) is 0 Å². The fourth-order valence-electron chi connectivity index (χ4n) is 1.93. The van der Waals surface area contributed by atoms with Crippen LogP contribution in [0.3, 0.4) is 0 Å². The van der Waals surface area contributed by atoms with Gasteiger partial charge in [-0.1, -0.05) is 25.1 Å². The van der Waals surface area contributed by atoms with Gasteiger partial charge in [0, 0.05) is 6.20 Å². The van der Waals surface area contributed by atoms with E-state index in [0.717, 1.165) is 12.1 Å². The second-order valence-electron chi connectivity index (χ2n) is 5.44. The predicted molar refractivity (Wildman–Crippen MR) is 84.4 cm³/mol. The third-order valence-corrected chi connectivity index (χ3v) is 3.12. The average Bonchev–Trinajstić information content (AvgIpc) is 2.95. The number of rotatable bonds is 10. The SMILES string of the molecule is C=CCCc1cn(CC(=O)NC(C(=O)NCC=O)C(C)C)nn1. The van der Waals surface area contributed by atoms with Crippen molar-refractivity contribution in [2.75, 3.05) is 6.54 Å². The molecular weight excluding hydrogens is 298 g/mol. The van der Waals surface area contributed by atoms with Gasteiger partial charge in [-0.25, -0.2) is 4.68 Å². The minimum Gasteiger partial charge on any atom is -0.348 e. The highest BCUT2D eigenvalue weighted by Crippen LogP contribution is 2.03. The molecule has 2 amide bonds. The molecule has 0 spiro atoms. The van der Waals surface area contributed by atoms with Gasteiger partial charge in [-0.3, -0.25) is 9.59 Å². The summed E-state index contributed by atoms with van der Waals surface area (Å²) in [4.78, 5) is 34.3. The lowest BCUT2D eigenvalue weighted by Crippen LogP contribution is -2.50. The van der Waals surface area contributed by atoms with Crippen LogP contribution in [-0.2, 0) is 27.3 Å². The van der Waals surface area contributed by atoms with Crippen molar-refractivity contribution in [3.63, 3.8) is 0 Å². The molecule has 126 valence electrons. The Morgan fingerprint density at radius 2 is 2.17 bits per heavy atom. The maximum absolute atomic E-state index is 12.1. The molecular formula is C15H23N5O3. The summed E-state index contributed by atoms with van der Waals surface area (Å²) in [5.74, 6) is -0.833. The van der Waals surface area contributed by atoms with E-state index in [0.29, 0.717) is 12.7 Å². The zero-order valence-corrected chi connectivity index (χ0v) is 13.5. The third-order valence-electron chi connectivity index (χ3n) is 3.12. The van der Waals surface area contributed by atoms with Crippen molar-refractivity contribution >= 4 is 18.1 Å². The summed E-state index contributed by atoms with van der Waals surface area (Å²) in [5.41, 5.74) is 0.779. The van der Waals surface area contributed by atoms with E-state index in [1.807, 2.05) is 13.8 Å². The fourth-order valence-corrected chi connectivity index (χ4v) is 1.93. The standard InChI is InChI=1S/C15H23N5O3/c1-4-5-6-12-9-20(19-18-12)10-13(22)17-14(11(2)3)15(23)16-7-8-21/h4,8-9,11,14H,1,5-7,10H2,2-3H3,(H,16,23)(H,17,22). The average molecular weight is 321 g/mol. The number of aryl methyl sites for hydroxylation is 1. The topological polar surface area (TPSA) is 106 Å². The van der Waals surface area contributed by atoms with Crippen molar-refractivity contribution in [3.05, 3.63) is 24.5 Å². The molecule has 0 aromatic carbocycles. The van der Waals surface area contributed by atoms with Crippen molar-refractivity contribution in [1.82, 2.24) is 25.6 Å². The Labute approximate surface area is 135 Å². The lowest BCUT2D eigenvalue weighted by atomic mass is 10.0. The number of aromatic nitrogens is 3. The molecule has 0 saturated carbocycles. The number of hydrogen-bond acceptors (Lipinski definition) is 5. The Hall–Kier alpha value is -2.51. The predicted octanol–water partition coefficient (Wildman–Crippen LogP) is -0.147. The largest absolute Gasteiger partial charge is 0.348 e. The second-order valence-corrected chi connectivity index (χ2v) is 5.44. The first-order chi connectivity index (χ1) is 11.0. The van der Waals surface area contributed by atoms with E-state index < -0.39 is 6.04 Å². The summed E-state index contributed by atoms with van der Waals surface area (Å²) in [6, 6.07) is -0.703. The molecule has 1 atom stereocenters. The summed E-state index contributed by atoms with van der Waals surface area (Å²) in [6.07, 6.45) is 5.58. The quantitative estimate of drug-likeness (QED) is 0.460. The summed E-state index contributed by atoms with van der Waals surface area (Å²) < 4.78 is 1.43. The van der Waals surface area contributed by atoms with Crippen LogP contribution in [0, 0.1) is 5.92 Å². The van der Waals surface area contributed by atoms with Crippen molar-refractivity contribution in [1.29, 1.82) is 0 Å². The molecule has 8 heteroatoms. The molecule has 0 aliphatic rings. The molecule has 8 nitrogen and oxygen atoms in total. The molecule has 1 aromatic rings. The number of allylic oxidation sites excluding steroid dienone is 1. The molecule has 0 bridgehead atoms. The monoisotopic (exact) mass is 321 g/mol. The smallest absolute Gasteiger partial charge is 0.243 e. The van der Waals surface area contributed by atoms with Crippen LogP contribution in [0.2, 0.25) is 0 Å². The van der Waals surface area contributed by atoms with Gasteiger partial charge in [0.15, 0.2) is 0 Å². The molecule has 0 radical (unpaired) electrons. The highest BCUT2D eigenvalue weighted by atomic mass is 16.2. The summed E-state index contributed by atoms with van der Waals surface area (Å²) >= 11 is 0. The Balaban J connectivity index is 2.58. The van der Waals surface area contributed by atoms with Gasteiger partial charge in [0.25, 0.3) is 0 Å². The van der Waals surface area contributed by atoms with E-state index in [1.165, 1.54) is 4.68 Å². The van der Waals surface area contributed by atoms with Crippen LogP contribution in [0.4, 0.5) is 0 Å². The number of carbonyl (C=O) groups is 3. The fraction of sp³-hybridized carbons (Fsp3) is 0.533. The lowest BCUT2D eigenvalue weighted by molar-refractivity contribution is -0.130. The van der Waals surface area contributed by atoms with Crippen LogP contribution >= 0.6 is 0 Å². The number of carbonyl (C=O) groups excluding carboxylic acids is 3. The van der Waals surface area contributed by atoms with Crippen LogP contribution in [0.1, 0.15) is 26.0 Å². The van der Waals surface area contributed by atoms with Gasteiger partial charge in [0.1, 0.15) is 18.9 Å². The van der Waals surface area contributed by atoms with E-state index >= 15 is 0 Å². The normalized spacial score (nSPS) is 11.8. The van der Waals surface area contributed by atoms with E-state index in [4.69, 9.17) is 0 Å². The molecule has 0 aliphatic carbocycles. The highest BCUT2D eigenvalue weighted by molar-refractivity contribution is 5.88. The van der Waals surface area contributed by atoms with Gasteiger partial charge in [-0.15, -0.1) is 11.7 Å². The zero-order valence-electron chi connectivity index (χ0n) is 13.5. The Kier molecular flexibility index (Phi) is 7.65. The van der Waals surface area contributed by atoms with Gasteiger partial charge in [0.2, 0.25) is 11.8 Å². The first-order valence-corrected chi connectivity index (χ1v) is 7.48. The number of nitrogens with zero attached hydrogens (tertiary/aromatic N) is 3. The maximum atomic E-state index is 12.1. The van der Waals surface area contributed by atoms with Gasteiger partial charge in [0.05, 0.1) is 12.2 Å². The van der Waals surface area contributed by atoms with Crippen molar-refractivity contribution < 1.29 is 14.4 Å². The van der Waals surface area contributed by atoms with E-state index in [2.05, 4.69) is 27.5 Å². The lowest BCUT2D eigenvalue weighted by Gasteiger charge is -2.21. The number of hydrogen-bond donors (Lipinski definition) is 2. The van der Waals surface area contributed by atoms with Crippen LogP contribution in [-0.4, -0.2) is 45.7 Å². The van der Waals surface area contributed by atoms with Gasteiger partial charge >= 0.3 is 0 Å². The first-order valence-electron chi connectivity index (χ1n) is 7.48. The number of nitrogens with one attached hydrogen (secondary N) is 2. The summed E-state index contributed by atoms with van der Waals surface area (Å²) in [7, 11) is 0. The molecule has 0 saturated heterocycles. The molecule has 23 heavy (non-hydrogen) atoms. The molecule has 1 rings (SSSR count). The molecule has 1 unspecified atom stereocenters. The third kappa shape index (κ3) is 6.41. The van der Waals surface area contributed by atoms with E-state index in [9.17, 15) is 14.4 Å². The number of amides is 2. The van der Waals surface area contributed by atoms with Gasteiger partial charge in [-0.05, 0) is 18.8 Å². The van der Waals surface area contributed by atoms with E-state index in [1.54, 1.807) is 12.3 Å². The zero-order chi connectivity index (χ0) is 17.2. The van der Waals surface area contributed by atoms with E-state index in [-0.39, 0.29) is 30.8 Å². The number of aldehydes is 1. The van der Waals surface area contributed by atoms with Crippen molar-refractivity contribution in [2.24, 2.45) is 5.92 Å². The van der Waals surface area contributed by atoms with Crippen LogP contribution in [0.5, 0.6) is 0 Å². The Morgan fingerprint density at radius 1 is 1.43 bits per heavy atom. The minimum absolute atomic E-state index is 0.0225. The summed E-state index contributed by atoms with van der Waals surface area (Å²) in [5, 5.41) is 12.9.